The maximum absolute atomic E-state index is 14.2. The summed E-state index contributed by atoms with van der Waals surface area (Å²) in [4.78, 5) is 27.8. The lowest BCUT2D eigenvalue weighted by molar-refractivity contribution is -0.176. The summed E-state index contributed by atoms with van der Waals surface area (Å²) in [7, 11) is 3.30. The quantitative estimate of drug-likeness (QED) is 0.118. The Balaban J connectivity index is 1.29. The zero-order valence-electron chi connectivity index (χ0n) is 27.1. The lowest BCUT2D eigenvalue weighted by Gasteiger charge is -2.62. The summed E-state index contributed by atoms with van der Waals surface area (Å²) in [5, 5.41) is 0. The highest BCUT2D eigenvalue weighted by Crippen LogP contribution is 2.84. The van der Waals surface area contributed by atoms with Gasteiger partial charge in [0.2, 0.25) is 0 Å². The highest BCUT2D eigenvalue weighted by atomic mass is 16.7. The van der Waals surface area contributed by atoms with Crippen LogP contribution in [0, 0.1) is 59.2 Å². The molecule has 12 atom stereocenters. The van der Waals surface area contributed by atoms with E-state index in [1.807, 2.05) is 6.26 Å². The fraction of sp³-hybridized carbons (Fsp3) is 0.722. The standard InChI is InChI=1S/C36H44O9/c1-7-42-32(37)27-24-11-23-20(13-41-14-39-5)18-9-21(18)34(23,3)25-10-19-17-8-22(17)35(4)28(19)29(36(24,25)45-33(27)38)26-16(2)12-43-30(26)31(35)44-15-40-6/h12,17-18,20-23,25,29,31H,7-11,13-15H2,1-6H3/t17-,18-,20-,21-,22-,23+,25+,29+,31+,34+,35+,36+/m1/s1. The van der Waals surface area contributed by atoms with Gasteiger partial charge >= 0.3 is 11.9 Å². The van der Waals surface area contributed by atoms with Crippen LogP contribution in [0.4, 0.5) is 0 Å². The van der Waals surface area contributed by atoms with Crippen LogP contribution in [-0.2, 0) is 38.0 Å². The predicted molar refractivity (Wildman–Crippen MR) is 158 cm³/mol. The molecule has 8 aliphatic rings. The second-order valence-corrected chi connectivity index (χ2v) is 15.4. The van der Waals surface area contributed by atoms with Crippen molar-refractivity contribution < 1.29 is 42.4 Å². The summed E-state index contributed by atoms with van der Waals surface area (Å²) >= 11 is 0. The molecule has 9 rings (SSSR count). The fourth-order valence-corrected chi connectivity index (χ4v) is 12.4. The smallest absolute Gasteiger partial charge is 0.346 e. The molecule has 1 aromatic rings. The van der Waals surface area contributed by atoms with E-state index in [9.17, 15) is 9.59 Å². The van der Waals surface area contributed by atoms with Gasteiger partial charge in [-0.3, -0.25) is 0 Å². The Morgan fingerprint density at radius 1 is 1.07 bits per heavy atom. The van der Waals surface area contributed by atoms with Crippen molar-refractivity contribution in [3.63, 3.8) is 0 Å². The normalized spacial score (nSPS) is 45.6. The highest BCUT2D eigenvalue weighted by Gasteiger charge is 2.81. The van der Waals surface area contributed by atoms with Crippen LogP contribution in [0.5, 0.6) is 0 Å². The monoisotopic (exact) mass is 620 g/mol. The Morgan fingerprint density at radius 3 is 2.62 bits per heavy atom. The average Bonchev–Trinajstić information content (AvgIpc) is 3.89. The number of esters is 2. The van der Waals surface area contributed by atoms with Crippen LogP contribution in [0.3, 0.4) is 0 Å². The number of methoxy groups -OCH3 is 2. The van der Waals surface area contributed by atoms with Gasteiger partial charge in [0.25, 0.3) is 0 Å². The van der Waals surface area contributed by atoms with Crippen LogP contribution in [0.2, 0.25) is 0 Å². The molecule has 4 saturated carbocycles. The molecule has 0 aromatic carbocycles. The van der Waals surface area contributed by atoms with E-state index < -0.39 is 17.5 Å². The number of ether oxygens (including phenoxy) is 6. The molecule has 0 unspecified atom stereocenters. The van der Waals surface area contributed by atoms with Crippen LogP contribution in [-0.4, -0.2) is 58.6 Å². The topological polar surface area (TPSA) is 103 Å². The van der Waals surface area contributed by atoms with E-state index >= 15 is 0 Å². The van der Waals surface area contributed by atoms with Gasteiger partial charge in [-0.25, -0.2) is 9.59 Å². The van der Waals surface area contributed by atoms with E-state index in [-0.39, 0.29) is 60.5 Å². The van der Waals surface area contributed by atoms with E-state index in [2.05, 4.69) is 20.8 Å². The van der Waals surface area contributed by atoms with Crippen molar-refractivity contribution in [3.8, 4) is 0 Å². The van der Waals surface area contributed by atoms with E-state index in [1.165, 1.54) is 12.0 Å². The summed E-state index contributed by atoms with van der Waals surface area (Å²) in [6.45, 7) is 9.92. The van der Waals surface area contributed by atoms with Crippen LogP contribution in [0.1, 0.15) is 75.4 Å². The Hall–Kier alpha value is -2.46. The average molecular weight is 621 g/mol. The fourth-order valence-electron chi connectivity index (χ4n) is 12.4. The molecule has 1 aromatic heterocycles. The van der Waals surface area contributed by atoms with Crippen molar-refractivity contribution in [1.29, 1.82) is 0 Å². The number of carbonyl (C=O) groups is 2. The lowest BCUT2D eigenvalue weighted by atomic mass is 9.43. The molecule has 1 aliphatic heterocycles. The number of furan rings is 1. The molecule has 0 saturated heterocycles. The van der Waals surface area contributed by atoms with Gasteiger partial charge in [-0.2, -0.15) is 0 Å². The first kappa shape index (κ1) is 28.7. The molecule has 0 amide bonds. The molecule has 0 N–H and O–H groups in total. The van der Waals surface area contributed by atoms with Crippen molar-refractivity contribution in [2.75, 3.05) is 41.0 Å². The van der Waals surface area contributed by atoms with Gasteiger partial charge in [-0.1, -0.05) is 19.4 Å². The van der Waals surface area contributed by atoms with E-state index in [0.717, 1.165) is 35.3 Å². The molecule has 9 heteroatoms. The maximum atomic E-state index is 14.2. The van der Waals surface area contributed by atoms with Crippen LogP contribution in [0.25, 0.3) is 0 Å². The van der Waals surface area contributed by atoms with Crippen molar-refractivity contribution in [1.82, 2.24) is 0 Å². The van der Waals surface area contributed by atoms with E-state index in [0.29, 0.717) is 42.6 Å². The van der Waals surface area contributed by atoms with Crippen molar-refractivity contribution in [3.05, 3.63) is 45.4 Å². The third-order valence-electron chi connectivity index (χ3n) is 14.0. The van der Waals surface area contributed by atoms with Gasteiger partial charge in [-0.15, -0.1) is 0 Å². The summed E-state index contributed by atoms with van der Waals surface area (Å²) in [5.74, 6) is 2.15. The Morgan fingerprint density at radius 2 is 1.87 bits per heavy atom. The maximum Gasteiger partial charge on any atom is 0.346 e. The molecule has 4 fully saturated rings. The second kappa shape index (κ2) is 9.33. The zero-order chi connectivity index (χ0) is 31.2. The van der Waals surface area contributed by atoms with Gasteiger partial charge < -0.3 is 32.8 Å². The van der Waals surface area contributed by atoms with E-state index in [1.54, 1.807) is 26.7 Å². The minimum Gasteiger partial charge on any atom is -0.466 e. The van der Waals surface area contributed by atoms with Gasteiger partial charge in [-0.05, 0) is 97.2 Å². The zero-order valence-corrected chi connectivity index (χ0v) is 27.1. The molecule has 7 aliphatic carbocycles. The molecule has 9 nitrogen and oxygen atoms in total. The summed E-state index contributed by atoms with van der Waals surface area (Å²) in [6.07, 6.45) is 5.34. The summed E-state index contributed by atoms with van der Waals surface area (Å²) in [6, 6.07) is 0. The molecule has 0 bridgehead atoms. The molecule has 1 spiro atoms. The van der Waals surface area contributed by atoms with Crippen LogP contribution < -0.4 is 0 Å². The van der Waals surface area contributed by atoms with Gasteiger partial charge in [0.15, 0.2) is 0 Å². The van der Waals surface area contributed by atoms with Crippen LogP contribution >= 0.6 is 0 Å². The van der Waals surface area contributed by atoms with Crippen molar-refractivity contribution in [2.24, 2.45) is 52.3 Å². The summed E-state index contributed by atoms with van der Waals surface area (Å²) < 4.78 is 42.1. The van der Waals surface area contributed by atoms with Crippen molar-refractivity contribution in [2.45, 2.75) is 71.0 Å². The first-order chi connectivity index (χ1) is 21.7. The highest BCUT2D eigenvalue weighted by molar-refractivity contribution is 6.17. The second-order valence-electron chi connectivity index (χ2n) is 15.4. The third-order valence-corrected chi connectivity index (χ3v) is 14.0. The number of carbonyl (C=O) groups excluding carboxylic acids is 2. The first-order valence-corrected chi connectivity index (χ1v) is 16.8. The SMILES string of the molecule is CCOC(=O)C1=C2C[C@H]3[C@H](COCOC)[C@H]4C[C@H]4[C@]3(C)[C@@H]3CC4=C5[C@H](c6c(C)coc6[C@H](OCOC)[C@@]5(C)[C@@H]5C[C@H]45)[C@]23OC1=O. The minimum atomic E-state index is -0.980. The number of rotatable bonds is 9. The Bertz CT molecular complexity index is 1570. The number of hydrogen-bond acceptors (Lipinski definition) is 9. The van der Waals surface area contributed by atoms with Gasteiger partial charge in [0.05, 0.1) is 25.4 Å². The van der Waals surface area contributed by atoms with Crippen molar-refractivity contribution >= 4 is 11.9 Å². The molecule has 0 radical (unpaired) electrons. The molecule has 45 heavy (non-hydrogen) atoms. The third kappa shape index (κ3) is 3.24. The number of aryl methyl sites for hydroxylation is 1. The molecule has 2 heterocycles. The number of hydrogen-bond donors (Lipinski definition) is 0. The van der Waals surface area contributed by atoms with Crippen LogP contribution in [0.15, 0.2) is 33.0 Å². The predicted octanol–water partition coefficient (Wildman–Crippen LogP) is 5.39. The summed E-state index contributed by atoms with van der Waals surface area (Å²) in [5.41, 5.74) is 4.58. The minimum absolute atomic E-state index is 0.0306. The first-order valence-electron chi connectivity index (χ1n) is 16.8. The molecular weight excluding hydrogens is 576 g/mol. The number of allylic oxidation sites excluding steroid dienone is 1. The number of fused-ring (bicyclic) bond motifs is 9. The molecule has 242 valence electrons. The Kier molecular flexibility index (Phi) is 5.96. The van der Waals surface area contributed by atoms with Gasteiger partial charge in [0, 0.05) is 31.1 Å². The Labute approximate surface area is 263 Å². The largest absolute Gasteiger partial charge is 0.466 e. The van der Waals surface area contributed by atoms with E-state index in [4.69, 9.17) is 32.8 Å². The molecular formula is C36H44O9. The van der Waals surface area contributed by atoms with Gasteiger partial charge in [0.1, 0.15) is 36.6 Å². The lowest BCUT2D eigenvalue weighted by Crippen LogP contribution is -2.62.